The van der Waals surface area contributed by atoms with E-state index in [9.17, 15) is 9.18 Å². The lowest BCUT2D eigenvalue weighted by atomic mass is 10.2. The van der Waals surface area contributed by atoms with E-state index >= 15 is 0 Å². The maximum atomic E-state index is 13.2. The van der Waals surface area contributed by atoms with E-state index in [2.05, 4.69) is 4.98 Å². The average Bonchev–Trinajstić information content (AvgIpc) is 3.50. The number of amides is 1. The lowest BCUT2D eigenvalue weighted by Crippen LogP contribution is -2.33. The van der Waals surface area contributed by atoms with Crippen molar-refractivity contribution < 1.29 is 18.7 Å². The second-order valence-electron chi connectivity index (χ2n) is 7.27. The summed E-state index contributed by atoms with van der Waals surface area (Å²) in [6.45, 7) is 0.496. The van der Waals surface area contributed by atoms with Crippen molar-refractivity contribution in [1.29, 1.82) is 0 Å². The topological polar surface area (TPSA) is 51.7 Å². The molecule has 0 saturated heterocycles. The Bertz CT molecular complexity index is 1030. The van der Waals surface area contributed by atoms with Crippen LogP contribution in [0.5, 0.6) is 11.5 Å². The number of aromatic nitrogens is 1. The summed E-state index contributed by atoms with van der Waals surface area (Å²) < 4.78 is 23.8. The molecule has 0 spiro atoms. The maximum absolute atomic E-state index is 13.2. The maximum Gasteiger partial charge on any atom is 0.229 e. The Morgan fingerprint density at radius 2 is 1.87 bits per heavy atom. The largest absolute Gasteiger partial charge is 0.493 e. The molecular weight excluding hydrogens is 403 g/mol. The SMILES string of the molecule is COc1ccc(-c2nc(CC(=O)N(Cc3ccc(F)cc3)C3CC3)cs2)cc1OC. The van der Waals surface area contributed by atoms with Crippen LogP contribution in [0.2, 0.25) is 0 Å². The number of ether oxygens (including phenoxy) is 2. The standard InChI is InChI=1S/C23H23FN2O3S/c1-28-20-10-5-16(11-21(20)29-2)23-25-18(14-30-23)12-22(27)26(19-8-9-19)13-15-3-6-17(24)7-4-15/h3-7,10-11,14,19H,8-9,12-13H2,1-2H3. The molecule has 0 atom stereocenters. The monoisotopic (exact) mass is 426 g/mol. The molecule has 0 radical (unpaired) electrons. The van der Waals surface area contributed by atoms with Crippen molar-refractivity contribution in [1.82, 2.24) is 9.88 Å². The minimum absolute atomic E-state index is 0.0472. The first-order chi connectivity index (χ1) is 14.6. The van der Waals surface area contributed by atoms with Crippen molar-refractivity contribution >= 4 is 17.2 Å². The van der Waals surface area contributed by atoms with Gasteiger partial charge in [0.1, 0.15) is 10.8 Å². The molecule has 7 heteroatoms. The van der Waals surface area contributed by atoms with Crippen molar-refractivity contribution in [2.75, 3.05) is 14.2 Å². The number of carbonyl (C=O) groups excluding carboxylic acids is 1. The summed E-state index contributed by atoms with van der Waals surface area (Å²) in [7, 11) is 3.20. The van der Waals surface area contributed by atoms with Crippen molar-refractivity contribution in [3.05, 3.63) is 64.9 Å². The summed E-state index contributed by atoms with van der Waals surface area (Å²) in [6.07, 6.45) is 2.28. The van der Waals surface area contributed by atoms with E-state index in [-0.39, 0.29) is 24.2 Å². The van der Waals surface area contributed by atoms with E-state index in [1.54, 1.807) is 26.4 Å². The average molecular weight is 427 g/mol. The molecule has 2 aromatic carbocycles. The van der Waals surface area contributed by atoms with Crippen molar-refractivity contribution in [2.45, 2.75) is 31.8 Å². The van der Waals surface area contributed by atoms with E-state index in [0.29, 0.717) is 18.0 Å². The van der Waals surface area contributed by atoms with Gasteiger partial charge in [-0.25, -0.2) is 9.37 Å². The molecule has 1 aliphatic rings. The van der Waals surface area contributed by atoms with Crippen LogP contribution in [0.3, 0.4) is 0 Å². The number of hydrogen-bond acceptors (Lipinski definition) is 5. The fraction of sp³-hybridized carbons (Fsp3) is 0.304. The molecule has 0 N–H and O–H groups in total. The highest BCUT2D eigenvalue weighted by Crippen LogP contribution is 2.34. The van der Waals surface area contributed by atoms with Gasteiger partial charge in [-0.1, -0.05) is 12.1 Å². The summed E-state index contributed by atoms with van der Waals surface area (Å²) in [5.41, 5.74) is 2.60. The van der Waals surface area contributed by atoms with Gasteiger partial charge in [0.15, 0.2) is 11.5 Å². The van der Waals surface area contributed by atoms with E-state index < -0.39 is 0 Å². The summed E-state index contributed by atoms with van der Waals surface area (Å²) in [5, 5.41) is 2.75. The highest BCUT2D eigenvalue weighted by atomic mass is 32.1. The number of nitrogens with zero attached hydrogens (tertiary/aromatic N) is 2. The summed E-state index contributed by atoms with van der Waals surface area (Å²) in [4.78, 5) is 19.5. The van der Waals surface area contributed by atoms with Gasteiger partial charge >= 0.3 is 0 Å². The van der Waals surface area contributed by atoms with Crippen molar-refractivity contribution in [2.24, 2.45) is 0 Å². The second-order valence-corrected chi connectivity index (χ2v) is 8.13. The fourth-order valence-electron chi connectivity index (χ4n) is 3.34. The van der Waals surface area contributed by atoms with E-state index in [0.717, 1.165) is 34.7 Å². The Balaban J connectivity index is 1.47. The van der Waals surface area contributed by atoms with Gasteiger partial charge in [-0.3, -0.25) is 4.79 Å². The number of rotatable bonds is 8. The van der Waals surface area contributed by atoms with Crippen LogP contribution in [0.25, 0.3) is 10.6 Å². The van der Waals surface area contributed by atoms with Gasteiger partial charge < -0.3 is 14.4 Å². The smallest absolute Gasteiger partial charge is 0.229 e. The van der Waals surface area contributed by atoms with E-state index in [4.69, 9.17) is 9.47 Å². The Kier molecular flexibility index (Phi) is 5.99. The first-order valence-corrected chi connectivity index (χ1v) is 10.7. The molecule has 0 bridgehead atoms. The molecule has 156 valence electrons. The molecule has 1 amide bonds. The molecule has 1 fully saturated rings. The quantitative estimate of drug-likeness (QED) is 0.524. The molecule has 1 saturated carbocycles. The molecule has 0 unspecified atom stereocenters. The number of hydrogen-bond donors (Lipinski definition) is 0. The van der Waals surface area contributed by atoms with Crippen LogP contribution in [-0.2, 0) is 17.8 Å². The van der Waals surface area contributed by atoms with Crippen LogP contribution in [-0.4, -0.2) is 36.1 Å². The van der Waals surface area contributed by atoms with Gasteiger partial charge in [0.2, 0.25) is 5.91 Å². The van der Waals surface area contributed by atoms with Gasteiger partial charge in [0.05, 0.1) is 26.3 Å². The van der Waals surface area contributed by atoms with E-state index in [1.165, 1.54) is 23.5 Å². The molecule has 3 aromatic rings. The molecule has 30 heavy (non-hydrogen) atoms. The van der Waals surface area contributed by atoms with Crippen molar-refractivity contribution in [3.63, 3.8) is 0 Å². The highest BCUT2D eigenvalue weighted by molar-refractivity contribution is 7.13. The summed E-state index contributed by atoms with van der Waals surface area (Å²) in [5.74, 6) is 1.08. The molecule has 1 heterocycles. The van der Waals surface area contributed by atoms with Crippen LogP contribution >= 0.6 is 11.3 Å². The lowest BCUT2D eigenvalue weighted by Gasteiger charge is -2.22. The third-order valence-electron chi connectivity index (χ3n) is 5.09. The zero-order valence-electron chi connectivity index (χ0n) is 16.9. The highest BCUT2D eigenvalue weighted by Gasteiger charge is 2.32. The van der Waals surface area contributed by atoms with Gasteiger partial charge in [-0.05, 0) is 48.7 Å². The molecule has 1 aliphatic carbocycles. The molecule has 5 nitrogen and oxygen atoms in total. The number of halogens is 1. The summed E-state index contributed by atoms with van der Waals surface area (Å²) >= 11 is 1.50. The minimum Gasteiger partial charge on any atom is -0.493 e. The number of methoxy groups -OCH3 is 2. The van der Waals surface area contributed by atoms with Gasteiger partial charge in [0.25, 0.3) is 0 Å². The van der Waals surface area contributed by atoms with Gasteiger partial charge in [0, 0.05) is 23.5 Å². The molecule has 0 aliphatic heterocycles. The first-order valence-electron chi connectivity index (χ1n) is 9.78. The summed E-state index contributed by atoms with van der Waals surface area (Å²) in [6, 6.07) is 12.3. The van der Waals surface area contributed by atoms with E-state index in [1.807, 2.05) is 28.5 Å². The normalized spacial score (nSPS) is 13.2. The van der Waals surface area contributed by atoms with Crippen LogP contribution in [0.4, 0.5) is 4.39 Å². The number of thiazole rings is 1. The third-order valence-corrected chi connectivity index (χ3v) is 6.03. The Labute approximate surface area is 179 Å². The molecular formula is C23H23FN2O3S. The zero-order chi connectivity index (χ0) is 21.1. The zero-order valence-corrected chi connectivity index (χ0v) is 17.7. The van der Waals surface area contributed by atoms with Gasteiger partial charge in [-0.15, -0.1) is 11.3 Å². The Hall–Kier alpha value is -2.93. The minimum atomic E-state index is -0.270. The number of carbonyl (C=O) groups is 1. The predicted molar refractivity (Wildman–Crippen MR) is 114 cm³/mol. The van der Waals surface area contributed by atoms with Crippen LogP contribution in [0.15, 0.2) is 47.8 Å². The third kappa shape index (κ3) is 4.62. The predicted octanol–water partition coefficient (Wildman–Crippen LogP) is 4.70. The number of benzene rings is 2. The molecule has 1 aromatic heterocycles. The Morgan fingerprint density at radius 3 is 2.53 bits per heavy atom. The first kappa shape index (κ1) is 20.3. The fourth-order valence-corrected chi connectivity index (χ4v) is 4.16. The van der Waals surface area contributed by atoms with Crippen LogP contribution in [0, 0.1) is 5.82 Å². The van der Waals surface area contributed by atoms with Crippen LogP contribution in [0.1, 0.15) is 24.1 Å². The van der Waals surface area contributed by atoms with Crippen LogP contribution < -0.4 is 9.47 Å². The Morgan fingerprint density at radius 1 is 1.13 bits per heavy atom. The molecule has 4 rings (SSSR count). The van der Waals surface area contributed by atoms with Gasteiger partial charge in [-0.2, -0.15) is 0 Å². The lowest BCUT2D eigenvalue weighted by molar-refractivity contribution is -0.131. The second kappa shape index (κ2) is 8.83. The van der Waals surface area contributed by atoms with Crippen molar-refractivity contribution in [3.8, 4) is 22.1 Å².